The Balaban J connectivity index is 4.14. The molecular weight excluding hydrogens is 124 g/mol. The van der Waals surface area contributed by atoms with Crippen molar-refractivity contribution in [3.8, 4) is 0 Å². The van der Waals surface area contributed by atoms with Gasteiger partial charge in [-0.05, 0) is 6.92 Å². The Kier molecular flexibility index (Phi) is 2.17. The average Bonchev–Trinajstić information content (AvgIpc) is 1.64. The molecule has 1 nitrogen and oxygen atoms in total. The van der Waals surface area contributed by atoms with Gasteiger partial charge in [-0.25, -0.2) is 8.78 Å². The first-order valence-corrected chi connectivity index (χ1v) is 2.89. The van der Waals surface area contributed by atoms with Crippen molar-refractivity contribution >= 4 is 0 Å². The van der Waals surface area contributed by atoms with Crippen LogP contribution in [0.4, 0.5) is 8.78 Å². The summed E-state index contributed by atoms with van der Waals surface area (Å²) in [4.78, 5) is 0. The third-order valence-electron chi connectivity index (χ3n) is 1.70. The zero-order valence-corrected chi connectivity index (χ0v) is 6.04. The third kappa shape index (κ3) is 1.90. The van der Waals surface area contributed by atoms with E-state index in [0.29, 0.717) is 0 Å². The van der Waals surface area contributed by atoms with Crippen LogP contribution >= 0.6 is 0 Å². The van der Waals surface area contributed by atoms with E-state index in [4.69, 9.17) is 5.73 Å². The topological polar surface area (TPSA) is 26.0 Å². The van der Waals surface area contributed by atoms with Gasteiger partial charge in [0.15, 0.2) is 0 Å². The smallest absolute Gasteiger partial charge is 0.251 e. The van der Waals surface area contributed by atoms with Crippen LogP contribution in [0.15, 0.2) is 0 Å². The molecule has 2 N–H and O–H groups in total. The molecule has 0 unspecified atom stereocenters. The molecule has 0 atom stereocenters. The van der Waals surface area contributed by atoms with Crippen LogP contribution in [0.2, 0.25) is 0 Å². The first-order valence-electron chi connectivity index (χ1n) is 2.89. The van der Waals surface area contributed by atoms with Gasteiger partial charge in [0.05, 0.1) is 0 Å². The van der Waals surface area contributed by atoms with E-state index in [0.717, 1.165) is 6.92 Å². The van der Waals surface area contributed by atoms with Crippen LogP contribution in [0, 0.1) is 5.41 Å². The lowest BCUT2D eigenvalue weighted by Gasteiger charge is -2.29. The molecule has 0 aliphatic heterocycles. The summed E-state index contributed by atoms with van der Waals surface area (Å²) in [6.45, 7) is 3.80. The molecule has 0 rings (SSSR count). The summed E-state index contributed by atoms with van der Waals surface area (Å²) in [7, 11) is 0. The fourth-order valence-electron chi connectivity index (χ4n) is 0.179. The summed E-state index contributed by atoms with van der Waals surface area (Å²) < 4.78 is 24.8. The normalized spacial score (nSPS) is 14.0. The van der Waals surface area contributed by atoms with Crippen LogP contribution in [-0.4, -0.2) is 12.5 Å². The van der Waals surface area contributed by atoms with Crippen molar-refractivity contribution in [1.82, 2.24) is 0 Å². The van der Waals surface area contributed by atoms with Gasteiger partial charge in [-0.3, -0.25) is 0 Å². The van der Waals surface area contributed by atoms with Crippen molar-refractivity contribution in [3.05, 3.63) is 0 Å². The van der Waals surface area contributed by atoms with E-state index in [1.807, 2.05) is 0 Å². The summed E-state index contributed by atoms with van der Waals surface area (Å²) in [6.07, 6.45) is 0. The molecule has 0 radical (unpaired) electrons. The van der Waals surface area contributed by atoms with Gasteiger partial charge >= 0.3 is 0 Å². The van der Waals surface area contributed by atoms with Gasteiger partial charge in [-0.2, -0.15) is 0 Å². The third-order valence-corrected chi connectivity index (χ3v) is 1.70. The molecule has 0 saturated heterocycles. The lowest BCUT2D eigenvalue weighted by atomic mass is 9.87. The summed E-state index contributed by atoms with van der Waals surface area (Å²) in [6, 6.07) is 0. The number of nitrogens with two attached hydrogens (primary N) is 1. The maximum Gasteiger partial charge on any atom is 0.251 e. The summed E-state index contributed by atoms with van der Waals surface area (Å²) in [5.41, 5.74) is 4.04. The van der Waals surface area contributed by atoms with E-state index in [1.54, 1.807) is 0 Å². The Morgan fingerprint density at radius 3 is 1.56 bits per heavy atom. The monoisotopic (exact) mass is 137 g/mol. The van der Waals surface area contributed by atoms with Crippen molar-refractivity contribution in [3.63, 3.8) is 0 Å². The highest BCUT2D eigenvalue weighted by molar-refractivity contribution is 4.81. The van der Waals surface area contributed by atoms with Gasteiger partial charge < -0.3 is 5.73 Å². The van der Waals surface area contributed by atoms with Crippen molar-refractivity contribution in [2.45, 2.75) is 26.7 Å². The average molecular weight is 137 g/mol. The number of hydrogen-bond acceptors (Lipinski definition) is 1. The van der Waals surface area contributed by atoms with Crippen LogP contribution in [0.3, 0.4) is 0 Å². The van der Waals surface area contributed by atoms with E-state index < -0.39 is 11.3 Å². The molecule has 0 bridgehead atoms. The fraction of sp³-hybridized carbons (Fsp3) is 1.00. The molecule has 3 heteroatoms. The quantitative estimate of drug-likeness (QED) is 0.615. The number of alkyl halides is 2. The van der Waals surface area contributed by atoms with Gasteiger partial charge in [0.25, 0.3) is 5.92 Å². The van der Waals surface area contributed by atoms with Crippen LogP contribution in [0.25, 0.3) is 0 Å². The highest BCUT2D eigenvalue weighted by atomic mass is 19.3. The SMILES string of the molecule is CC(F)(F)C(C)(C)CN. The minimum absolute atomic E-state index is 0.0104. The van der Waals surface area contributed by atoms with Gasteiger partial charge in [-0.15, -0.1) is 0 Å². The van der Waals surface area contributed by atoms with Crippen LogP contribution in [0.1, 0.15) is 20.8 Å². The highest BCUT2D eigenvalue weighted by Crippen LogP contribution is 2.33. The molecule has 9 heavy (non-hydrogen) atoms. The largest absolute Gasteiger partial charge is 0.330 e. The molecule has 0 aliphatic carbocycles. The molecular formula is C6H13F2N. The van der Waals surface area contributed by atoms with Gasteiger partial charge in [0.2, 0.25) is 0 Å². The van der Waals surface area contributed by atoms with Crippen molar-refractivity contribution in [2.24, 2.45) is 11.1 Å². The maximum atomic E-state index is 12.4. The molecule has 0 aliphatic rings. The molecule has 0 spiro atoms. The second-order valence-electron chi connectivity index (χ2n) is 2.98. The molecule has 0 aromatic rings. The van der Waals surface area contributed by atoms with E-state index in [2.05, 4.69) is 0 Å². The van der Waals surface area contributed by atoms with E-state index >= 15 is 0 Å². The number of halogens is 2. The first-order chi connectivity index (χ1) is 3.81. The number of hydrogen-bond donors (Lipinski definition) is 1. The summed E-state index contributed by atoms with van der Waals surface area (Å²) in [5, 5.41) is 0. The van der Waals surface area contributed by atoms with Crippen LogP contribution in [0.5, 0.6) is 0 Å². The predicted molar refractivity (Wildman–Crippen MR) is 33.5 cm³/mol. The zero-order valence-electron chi connectivity index (χ0n) is 6.04. The van der Waals surface area contributed by atoms with Crippen molar-refractivity contribution in [1.29, 1.82) is 0 Å². The van der Waals surface area contributed by atoms with E-state index in [9.17, 15) is 8.78 Å². The summed E-state index contributed by atoms with van der Waals surface area (Å²) in [5.74, 6) is -2.68. The lowest BCUT2D eigenvalue weighted by Crippen LogP contribution is -2.39. The predicted octanol–water partition coefficient (Wildman–Crippen LogP) is 1.63. The van der Waals surface area contributed by atoms with Crippen LogP contribution < -0.4 is 5.73 Å². The summed E-state index contributed by atoms with van der Waals surface area (Å²) >= 11 is 0. The zero-order chi connectivity index (χ0) is 7.71. The molecule has 0 fully saturated rings. The van der Waals surface area contributed by atoms with Gasteiger partial charge in [-0.1, -0.05) is 13.8 Å². The minimum Gasteiger partial charge on any atom is -0.330 e. The molecule has 56 valence electrons. The Morgan fingerprint density at radius 2 is 1.56 bits per heavy atom. The number of rotatable bonds is 2. The molecule has 0 aromatic carbocycles. The highest BCUT2D eigenvalue weighted by Gasteiger charge is 2.40. The van der Waals surface area contributed by atoms with E-state index in [1.165, 1.54) is 13.8 Å². The lowest BCUT2D eigenvalue weighted by molar-refractivity contribution is -0.0831. The maximum absolute atomic E-state index is 12.4. The molecule has 0 aromatic heterocycles. The standard InChI is InChI=1S/C6H13F2N/c1-5(2,4-9)6(3,7)8/h4,9H2,1-3H3. The Hall–Kier alpha value is -0.180. The van der Waals surface area contributed by atoms with E-state index in [-0.39, 0.29) is 6.54 Å². The van der Waals surface area contributed by atoms with Gasteiger partial charge in [0, 0.05) is 12.0 Å². The molecule has 0 heterocycles. The second-order valence-corrected chi connectivity index (χ2v) is 2.98. The first kappa shape index (κ1) is 8.82. The van der Waals surface area contributed by atoms with Crippen molar-refractivity contribution < 1.29 is 8.78 Å². The molecule has 0 amide bonds. The molecule has 0 saturated carbocycles. The Labute approximate surface area is 54.2 Å². The fourth-order valence-corrected chi connectivity index (χ4v) is 0.179. The Bertz CT molecular complexity index is 93.7. The minimum atomic E-state index is -2.68. The van der Waals surface area contributed by atoms with Crippen molar-refractivity contribution in [2.75, 3.05) is 6.54 Å². The van der Waals surface area contributed by atoms with Crippen LogP contribution in [-0.2, 0) is 0 Å². The Morgan fingerprint density at radius 1 is 1.22 bits per heavy atom. The van der Waals surface area contributed by atoms with Gasteiger partial charge in [0.1, 0.15) is 0 Å². The second kappa shape index (κ2) is 2.21.